The van der Waals surface area contributed by atoms with Crippen LogP contribution in [0.5, 0.6) is 0 Å². The van der Waals surface area contributed by atoms with Crippen LogP contribution in [0.2, 0.25) is 0 Å². The van der Waals surface area contributed by atoms with Gasteiger partial charge in [-0.2, -0.15) is 0 Å². The number of nitrogens with zero attached hydrogens (tertiary/aromatic N) is 2. The van der Waals surface area contributed by atoms with Gasteiger partial charge in [0.2, 0.25) is 5.91 Å². The Hall–Kier alpha value is -1.07. The van der Waals surface area contributed by atoms with Crippen molar-refractivity contribution in [3.05, 3.63) is 23.9 Å². The first-order valence-electron chi connectivity index (χ1n) is 5.80. The third-order valence-corrected chi connectivity index (χ3v) is 3.86. The van der Waals surface area contributed by atoms with E-state index < -0.39 is 0 Å². The number of thioether (sulfide) groups is 1. The smallest absolute Gasteiger partial charge is 0.233 e. The van der Waals surface area contributed by atoms with Crippen molar-refractivity contribution in [2.45, 2.75) is 11.9 Å². The molecule has 1 aliphatic rings. The summed E-state index contributed by atoms with van der Waals surface area (Å²) >= 11 is 1.53. The molecule has 1 saturated heterocycles. The van der Waals surface area contributed by atoms with E-state index in [9.17, 15) is 4.79 Å². The quantitative estimate of drug-likeness (QED) is 0.811. The van der Waals surface area contributed by atoms with Gasteiger partial charge in [0.15, 0.2) is 0 Å². The number of rotatable bonds is 3. The van der Waals surface area contributed by atoms with Gasteiger partial charge in [-0.3, -0.25) is 4.79 Å². The lowest BCUT2D eigenvalue weighted by atomic mass is 10.3. The fourth-order valence-electron chi connectivity index (χ4n) is 1.76. The molecular formula is C12H17N3OS. The fraction of sp³-hybridized carbons (Fsp3) is 0.500. The minimum absolute atomic E-state index is 0.210. The Bertz CT molecular complexity index is 391. The molecule has 0 unspecified atom stereocenters. The molecule has 1 aliphatic heterocycles. The number of aromatic nitrogens is 1. The average molecular weight is 251 g/mol. The molecule has 92 valence electrons. The predicted octanol–water partition coefficient (Wildman–Crippen LogP) is 0.914. The lowest BCUT2D eigenvalue weighted by Gasteiger charge is -2.27. The zero-order valence-corrected chi connectivity index (χ0v) is 10.8. The Morgan fingerprint density at radius 3 is 3.00 bits per heavy atom. The molecule has 0 spiro atoms. The molecule has 5 heteroatoms. The van der Waals surface area contributed by atoms with Crippen molar-refractivity contribution in [3.8, 4) is 0 Å². The summed E-state index contributed by atoms with van der Waals surface area (Å²) in [5.74, 6) is 0.694. The molecule has 1 aromatic heterocycles. The van der Waals surface area contributed by atoms with Gasteiger partial charge in [-0.15, -0.1) is 0 Å². The van der Waals surface area contributed by atoms with Crippen molar-refractivity contribution in [1.82, 2.24) is 15.2 Å². The SMILES string of the molecule is Cc1cccnc1SCC(=O)N1CCNCC1. The molecule has 0 aliphatic carbocycles. The first kappa shape index (κ1) is 12.4. The zero-order chi connectivity index (χ0) is 12.1. The van der Waals surface area contributed by atoms with E-state index in [4.69, 9.17) is 0 Å². The van der Waals surface area contributed by atoms with Crippen LogP contribution in [0.1, 0.15) is 5.56 Å². The highest BCUT2D eigenvalue weighted by molar-refractivity contribution is 7.99. The van der Waals surface area contributed by atoms with Crippen molar-refractivity contribution in [1.29, 1.82) is 0 Å². The first-order chi connectivity index (χ1) is 8.27. The lowest BCUT2D eigenvalue weighted by Crippen LogP contribution is -2.47. The highest BCUT2D eigenvalue weighted by Gasteiger charge is 2.16. The molecule has 1 amide bonds. The largest absolute Gasteiger partial charge is 0.339 e. The number of piperazine rings is 1. The van der Waals surface area contributed by atoms with Gasteiger partial charge in [0.05, 0.1) is 10.8 Å². The minimum atomic E-state index is 0.210. The molecule has 1 aromatic rings. The number of carbonyl (C=O) groups excluding carboxylic acids is 1. The van der Waals surface area contributed by atoms with E-state index in [1.807, 2.05) is 24.0 Å². The van der Waals surface area contributed by atoms with Crippen molar-refractivity contribution in [2.75, 3.05) is 31.9 Å². The van der Waals surface area contributed by atoms with E-state index in [0.29, 0.717) is 5.75 Å². The maximum Gasteiger partial charge on any atom is 0.233 e. The average Bonchev–Trinajstić information content (AvgIpc) is 2.38. The Kier molecular flexibility index (Phi) is 4.39. The third kappa shape index (κ3) is 3.44. The second-order valence-electron chi connectivity index (χ2n) is 4.04. The van der Waals surface area contributed by atoms with Gasteiger partial charge >= 0.3 is 0 Å². The molecule has 0 aromatic carbocycles. The Balaban J connectivity index is 1.85. The van der Waals surface area contributed by atoms with Crippen molar-refractivity contribution in [2.24, 2.45) is 0 Å². The van der Waals surface area contributed by atoms with E-state index >= 15 is 0 Å². The fourth-order valence-corrected chi connectivity index (χ4v) is 2.63. The molecule has 2 rings (SSSR count). The van der Waals surface area contributed by atoms with Crippen LogP contribution in [0.4, 0.5) is 0 Å². The van der Waals surface area contributed by atoms with Gasteiger partial charge in [0.1, 0.15) is 0 Å². The first-order valence-corrected chi connectivity index (χ1v) is 6.79. The lowest BCUT2D eigenvalue weighted by molar-refractivity contribution is -0.128. The van der Waals surface area contributed by atoms with E-state index in [-0.39, 0.29) is 5.91 Å². The Morgan fingerprint density at radius 1 is 1.53 bits per heavy atom. The molecule has 17 heavy (non-hydrogen) atoms. The van der Waals surface area contributed by atoms with Crippen LogP contribution in [-0.2, 0) is 4.79 Å². The van der Waals surface area contributed by atoms with Crippen molar-refractivity contribution in [3.63, 3.8) is 0 Å². The van der Waals surface area contributed by atoms with Gasteiger partial charge in [0.25, 0.3) is 0 Å². The summed E-state index contributed by atoms with van der Waals surface area (Å²) in [4.78, 5) is 18.1. The van der Waals surface area contributed by atoms with Crippen LogP contribution < -0.4 is 5.32 Å². The van der Waals surface area contributed by atoms with Crippen molar-refractivity contribution >= 4 is 17.7 Å². The van der Waals surface area contributed by atoms with Gasteiger partial charge < -0.3 is 10.2 Å². The predicted molar refractivity (Wildman–Crippen MR) is 69.1 cm³/mol. The monoisotopic (exact) mass is 251 g/mol. The van der Waals surface area contributed by atoms with Crippen LogP contribution >= 0.6 is 11.8 Å². The Morgan fingerprint density at radius 2 is 2.29 bits per heavy atom. The minimum Gasteiger partial charge on any atom is -0.339 e. The number of aryl methyl sites for hydroxylation is 1. The second-order valence-corrected chi connectivity index (χ2v) is 5.01. The van der Waals surface area contributed by atoms with Crippen molar-refractivity contribution < 1.29 is 4.79 Å². The number of hydrogen-bond acceptors (Lipinski definition) is 4. The van der Waals surface area contributed by atoms with Crippen LogP contribution in [-0.4, -0.2) is 47.7 Å². The summed E-state index contributed by atoms with van der Waals surface area (Å²) in [5, 5.41) is 4.19. The second kappa shape index (κ2) is 6.02. The maximum atomic E-state index is 11.9. The zero-order valence-electron chi connectivity index (χ0n) is 9.98. The molecule has 1 N–H and O–H groups in total. The van der Waals surface area contributed by atoms with Crippen LogP contribution in [0.3, 0.4) is 0 Å². The van der Waals surface area contributed by atoms with Crippen LogP contribution in [0.25, 0.3) is 0 Å². The molecule has 0 radical (unpaired) electrons. The number of hydrogen-bond donors (Lipinski definition) is 1. The van der Waals surface area contributed by atoms with Crippen LogP contribution in [0.15, 0.2) is 23.4 Å². The third-order valence-electron chi connectivity index (χ3n) is 2.76. The molecule has 4 nitrogen and oxygen atoms in total. The summed E-state index contributed by atoms with van der Waals surface area (Å²) in [7, 11) is 0. The molecule has 0 atom stereocenters. The summed E-state index contributed by atoms with van der Waals surface area (Å²) in [6.07, 6.45) is 1.77. The molecule has 2 heterocycles. The number of amides is 1. The summed E-state index contributed by atoms with van der Waals surface area (Å²) in [6, 6.07) is 3.93. The summed E-state index contributed by atoms with van der Waals surface area (Å²) in [5.41, 5.74) is 1.13. The maximum absolute atomic E-state index is 11.9. The van der Waals surface area contributed by atoms with E-state index in [2.05, 4.69) is 10.3 Å². The number of carbonyl (C=O) groups is 1. The summed E-state index contributed by atoms with van der Waals surface area (Å²) in [6.45, 7) is 5.46. The van der Waals surface area contributed by atoms with Crippen LogP contribution in [0, 0.1) is 6.92 Å². The normalized spacial score (nSPS) is 15.9. The topological polar surface area (TPSA) is 45.2 Å². The molecular weight excluding hydrogens is 234 g/mol. The number of pyridine rings is 1. The Labute approximate surface area is 106 Å². The molecule has 1 fully saturated rings. The van der Waals surface area contributed by atoms with E-state index in [0.717, 1.165) is 36.8 Å². The molecule has 0 bridgehead atoms. The standard InChI is InChI=1S/C12H17N3OS/c1-10-3-2-4-14-12(10)17-9-11(16)15-7-5-13-6-8-15/h2-4,13H,5-9H2,1H3. The highest BCUT2D eigenvalue weighted by atomic mass is 32.2. The van der Waals surface area contributed by atoms with Gasteiger partial charge in [-0.25, -0.2) is 4.98 Å². The summed E-state index contributed by atoms with van der Waals surface area (Å²) < 4.78 is 0. The van der Waals surface area contributed by atoms with Gasteiger partial charge in [0, 0.05) is 32.4 Å². The van der Waals surface area contributed by atoms with Gasteiger partial charge in [-0.05, 0) is 18.6 Å². The van der Waals surface area contributed by atoms with Gasteiger partial charge in [-0.1, -0.05) is 17.8 Å². The van der Waals surface area contributed by atoms with E-state index in [1.54, 1.807) is 6.20 Å². The molecule has 0 saturated carbocycles. The number of nitrogens with one attached hydrogen (secondary N) is 1. The van der Waals surface area contributed by atoms with E-state index in [1.165, 1.54) is 11.8 Å². The highest BCUT2D eigenvalue weighted by Crippen LogP contribution is 2.19.